The summed E-state index contributed by atoms with van der Waals surface area (Å²) < 4.78 is 0. The minimum Gasteiger partial charge on any atom is -0.480 e. The van der Waals surface area contributed by atoms with Crippen molar-refractivity contribution in [3.05, 3.63) is 35.9 Å². The molecule has 47 heavy (non-hydrogen) atoms. The smallest absolute Gasteiger partial charge is 0.326 e. The SMILES string of the molecule is CC[C@H](C)[C@H](NC(=O)CNC(=O)[C@H](C)N)C(=O)N[C@@H](C)C(=O)N[C@@H](CC(C)C)C(=O)N[C@@H](C)C(=O)N[C@@H](Cc1ccccc1)C(=O)O. The van der Waals surface area contributed by atoms with Crippen LogP contribution in [-0.4, -0.2) is 89.3 Å². The largest absolute Gasteiger partial charge is 0.480 e. The molecule has 0 spiro atoms. The Hall–Kier alpha value is -4.53. The van der Waals surface area contributed by atoms with Gasteiger partial charge in [-0.2, -0.15) is 0 Å². The summed E-state index contributed by atoms with van der Waals surface area (Å²) in [6.07, 6.45) is 0.772. The van der Waals surface area contributed by atoms with Gasteiger partial charge in [0.05, 0.1) is 12.6 Å². The van der Waals surface area contributed by atoms with E-state index in [1.54, 1.807) is 37.3 Å². The van der Waals surface area contributed by atoms with Crippen LogP contribution in [0.3, 0.4) is 0 Å². The molecule has 0 fully saturated rings. The van der Waals surface area contributed by atoms with Crippen molar-refractivity contribution in [1.29, 1.82) is 0 Å². The van der Waals surface area contributed by atoms with E-state index in [9.17, 15) is 38.7 Å². The monoisotopic (exact) mass is 661 g/mol. The van der Waals surface area contributed by atoms with Crippen LogP contribution in [0.15, 0.2) is 30.3 Å². The van der Waals surface area contributed by atoms with E-state index < -0.39 is 77.7 Å². The molecule has 0 unspecified atom stereocenters. The number of hydrogen-bond acceptors (Lipinski definition) is 8. The van der Waals surface area contributed by atoms with Crippen LogP contribution in [0.5, 0.6) is 0 Å². The first-order chi connectivity index (χ1) is 22.0. The van der Waals surface area contributed by atoms with Crippen molar-refractivity contribution in [3.8, 4) is 0 Å². The van der Waals surface area contributed by atoms with Gasteiger partial charge in [0.2, 0.25) is 35.4 Å². The van der Waals surface area contributed by atoms with E-state index in [0.29, 0.717) is 12.0 Å². The lowest BCUT2D eigenvalue weighted by Crippen LogP contribution is -2.59. The maximum Gasteiger partial charge on any atom is 0.326 e. The lowest BCUT2D eigenvalue weighted by Gasteiger charge is -2.27. The second kappa shape index (κ2) is 19.9. The van der Waals surface area contributed by atoms with Crippen molar-refractivity contribution in [3.63, 3.8) is 0 Å². The molecule has 0 aliphatic rings. The molecule has 0 aliphatic heterocycles. The minimum absolute atomic E-state index is 0.0456. The number of nitrogens with one attached hydrogen (secondary N) is 6. The van der Waals surface area contributed by atoms with Gasteiger partial charge in [-0.3, -0.25) is 28.8 Å². The van der Waals surface area contributed by atoms with Crippen LogP contribution in [0, 0.1) is 11.8 Å². The third-order valence-electron chi connectivity index (χ3n) is 7.39. The highest BCUT2D eigenvalue weighted by Gasteiger charge is 2.31. The lowest BCUT2D eigenvalue weighted by molar-refractivity contribution is -0.142. The van der Waals surface area contributed by atoms with E-state index in [0.717, 1.165) is 0 Å². The molecule has 6 amide bonds. The second-order valence-corrected chi connectivity index (χ2v) is 12.2. The highest BCUT2D eigenvalue weighted by atomic mass is 16.4. The van der Waals surface area contributed by atoms with Crippen LogP contribution < -0.4 is 37.6 Å². The quantitative estimate of drug-likeness (QED) is 0.0937. The standard InChI is InChI=1S/C32H51N7O8/c1-8-18(4)26(39-25(40)16-34-27(41)19(5)33)31(45)36-21(7)28(42)37-23(14-17(2)3)30(44)35-20(6)29(43)38-24(32(46)47)15-22-12-10-9-11-13-22/h9-13,17-21,23-24,26H,8,14-16,33H2,1-7H3,(H,34,41)(H,35,44)(H,36,45)(H,37,42)(H,38,43)(H,39,40)(H,46,47)/t18-,19-,20-,21-,23-,24-,26-/m0/s1. The van der Waals surface area contributed by atoms with Crippen molar-refractivity contribution in [2.45, 2.75) is 104 Å². The second-order valence-electron chi connectivity index (χ2n) is 12.2. The number of carboxylic acid groups (broad SMARTS) is 1. The molecule has 0 radical (unpaired) electrons. The van der Waals surface area contributed by atoms with Crippen molar-refractivity contribution in [1.82, 2.24) is 31.9 Å². The number of carbonyl (C=O) groups is 7. The summed E-state index contributed by atoms with van der Waals surface area (Å²) in [5, 5.41) is 24.7. The van der Waals surface area contributed by atoms with Crippen molar-refractivity contribution >= 4 is 41.4 Å². The number of aliphatic carboxylic acids is 1. The Bertz CT molecular complexity index is 1240. The summed E-state index contributed by atoms with van der Waals surface area (Å²) in [6, 6.07) is 2.42. The molecular formula is C32H51N7O8. The number of rotatable bonds is 19. The fraction of sp³-hybridized carbons (Fsp3) is 0.594. The predicted octanol–water partition coefficient (Wildman–Crippen LogP) is -0.667. The van der Waals surface area contributed by atoms with Crippen LogP contribution in [0.1, 0.15) is 66.9 Å². The average Bonchev–Trinajstić information content (AvgIpc) is 3.01. The van der Waals surface area contributed by atoms with Crippen LogP contribution in [0.4, 0.5) is 0 Å². The lowest BCUT2D eigenvalue weighted by atomic mass is 9.98. The van der Waals surface area contributed by atoms with E-state index in [4.69, 9.17) is 5.73 Å². The number of carboxylic acids is 1. The Labute approximate surface area is 275 Å². The maximum absolute atomic E-state index is 13.2. The number of carbonyl (C=O) groups excluding carboxylic acids is 6. The molecule has 9 N–H and O–H groups in total. The normalized spacial score (nSPS) is 15.4. The van der Waals surface area contributed by atoms with Crippen molar-refractivity contribution in [2.24, 2.45) is 17.6 Å². The molecule has 0 heterocycles. The fourth-order valence-corrected chi connectivity index (χ4v) is 4.35. The van der Waals surface area contributed by atoms with Gasteiger partial charge in [0, 0.05) is 6.42 Å². The number of nitrogens with two attached hydrogens (primary N) is 1. The molecule has 0 saturated heterocycles. The molecule has 1 aromatic rings. The third kappa shape index (κ3) is 14.6. The van der Waals surface area contributed by atoms with Gasteiger partial charge in [0.15, 0.2) is 0 Å². The van der Waals surface area contributed by atoms with E-state index in [1.807, 2.05) is 20.8 Å². The zero-order valence-corrected chi connectivity index (χ0v) is 28.2. The zero-order valence-electron chi connectivity index (χ0n) is 28.2. The number of hydrogen-bond donors (Lipinski definition) is 8. The number of benzene rings is 1. The predicted molar refractivity (Wildman–Crippen MR) is 174 cm³/mol. The van der Waals surface area contributed by atoms with Gasteiger partial charge in [0.25, 0.3) is 0 Å². The number of amides is 6. The van der Waals surface area contributed by atoms with E-state index in [-0.39, 0.29) is 31.2 Å². The van der Waals surface area contributed by atoms with Gasteiger partial charge in [-0.25, -0.2) is 4.79 Å². The fourth-order valence-electron chi connectivity index (χ4n) is 4.35. The highest BCUT2D eigenvalue weighted by Crippen LogP contribution is 2.10. The van der Waals surface area contributed by atoms with E-state index >= 15 is 0 Å². The van der Waals surface area contributed by atoms with Gasteiger partial charge in [-0.15, -0.1) is 0 Å². The molecule has 262 valence electrons. The summed E-state index contributed by atoms with van der Waals surface area (Å²) in [6.45, 7) is 11.1. The van der Waals surface area contributed by atoms with Crippen molar-refractivity contribution < 1.29 is 38.7 Å². The summed E-state index contributed by atoms with van der Waals surface area (Å²) in [5.41, 5.74) is 6.19. The zero-order chi connectivity index (χ0) is 35.8. The maximum atomic E-state index is 13.2. The summed E-state index contributed by atoms with van der Waals surface area (Å²) >= 11 is 0. The van der Waals surface area contributed by atoms with Gasteiger partial charge in [-0.1, -0.05) is 64.4 Å². The van der Waals surface area contributed by atoms with Crippen LogP contribution in [0.2, 0.25) is 0 Å². The first kappa shape index (κ1) is 40.5. The van der Waals surface area contributed by atoms with Gasteiger partial charge in [-0.05, 0) is 44.6 Å². The molecule has 1 aromatic carbocycles. The summed E-state index contributed by atoms with van der Waals surface area (Å²) in [4.78, 5) is 88.2. The molecule has 0 bridgehead atoms. The van der Waals surface area contributed by atoms with Gasteiger partial charge < -0.3 is 42.7 Å². The van der Waals surface area contributed by atoms with E-state index in [2.05, 4.69) is 31.9 Å². The van der Waals surface area contributed by atoms with E-state index in [1.165, 1.54) is 20.8 Å². The van der Waals surface area contributed by atoms with Crippen LogP contribution >= 0.6 is 0 Å². The Kier molecular flexibility index (Phi) is 17.1. The molecule has 1 rings (SSSR count). The molecule has 15 heteroatoms. The van der Waals surface area contributed by atoms with Gasteiger partial charge >= 0.3 is 5.97 Å². The third-order valence-corrected chi connectivity index (χ3v) is 7.39. The molecule has 0 aromatic heterocycles. The average molecular weight is 662 g/mol. The summed E-state index contributed by atoms with van der Waals surface area (Å²) in [5.74, 6) is -5.43. The topological polar surface area (TPSA) is 238 Å². The minimum atomic E-state index is -1.23. The molecular weight excluding hydrogens is 610 g/mol. The molecule has 15 nitrogen and oxygen atoms in total. The highest BCUT2D eigenvalue weighted by molar-refractivity contribution is 5.96. The Morgan fingerprint density at radius 1 is 0.702 bits per heavy atom. The first-order valence-corrected chi connectivity index (χ1v) is 15.8. The first-order valence-electron chi connectivity index (χ1n) is 15.8. The Morgan fingerprint density at radius 2 is 1.23 bits per heavy atom. The molecule has 0 saturated carbocycles. The molecule has 7 atom stereocenters. The van der Waals surface area contributed by atoms with Crippen LogP contribution in [-0.2, 0) is 40.0 Å². The summed E-state index contributed by atoms with van der Waals surface area (Å²) in [7, 11) is 0. The van der Waals surface area contributed by atoms with Crippen molar-refractivity contribution in [2.75, 3.05) is 6.54 Å². The molecule has 0 aliphatic carbocycles. The van der Waals surface area contributed by atoms with Gasteiger partial charge in [0.1, 0.15) is 30.2 Å². The van der Waals surface area contributed by atoms with Crippen LogP contribution in [0.25, 0.3) is 0 Å². The Balaban J connectivity index is 2.87. The Morgan fingerprint density at radius 3 is 1.72 bits per heavy atom.